The summed E-state index contributed by atoms with van der Waals surface area (Å²) >= 11 is 0. The second-order valence-corrected chi connectivity index (χ2v) is 6.55. The zero-order valence-corrected chi connectivity index (χ0v) is 14.9. The van der Waals surface area contributed by atoms with E-state index in [0.717, 1.165) is 5.69 Å². The largest absolute Gasteiger partial charge is 0.373 e. The van der Waals surface area contributed by atoms with Crippen LogP contribution in [0.3, 0.4) is 0 Å². The standard InChI is InChI=1S/C19H24N4O3/c1-21(14-18(20)24)12-17-13-23(9-10-26-17)19(25)15-5-4-6-16(11-15)22-7-2-3-8-22/h2-8,11,17H,9-10,12-14H2,1H3,(H2,20,24). The molecule has 1 atom stereocenters. The van der Waals surface area contributed by atoms with Crippen molar-refractivity contribution in [2.24, 2.45) is 5.73 Å². The lowest BCUT2D eigenvalue weighted by Crippen LogP contribution is -2.49. The molecule has 7 nitrogen and oxygen atoms in total. The summed E-state index contributed by atoms with van der Waals surface area (Å²) in [6.45, 7) is 2.26. The third kappa shape index (κ3) is 4.50. The van der Waals surface area contributed by atoms with Crippen LogP contribution in [0.25, 0.3) is 5.69 Å². The third-order valence-corrected chi connectivity index (χ3v) is 4.36. The van der Waals surface area contributed by atoms with E-state index in [0.29, 0.717) is 31.8 Å². The third-order valence-electron chi connectivity index (χ3n) is 4.36. The molecule has 3 rings (SSSR count). The van der Waals surface area contributed by atoms with Gasteiger partial charge in [-0.3, -0.25) is 14.5 Å². The molecule has 0 aliphatic carbocycles. The van der Waals surface area contributed by atoms with Crippen LogP contribution in [-0.2, 0) is 9.53 Å². The summed E-state index contributed by atoms with van der Waals surface area (Å²) in [4.78, 5) is 27.5. The van der Waals surface area contributed by atoms with E-state index in [4.69, 9.17) is 10.5 Å². The highest BCUT2D eigenvalue weighted by atomic mass is 16.5. The molecule has 0 bridgehead atoms. The molecule has 26 heavy (non-hydrogen) atoms. The molecule has 1 fully saturated rings. The van der Waals surface area contributed by atoms with Crippen LogP contribution in [-0.4, -0.2) is 72.1 Å². The minimum Gasteiger partial charge on any atom is -0.373 e. The van der Waals surface area contributed by atoms with Gasteiger partial charge in [0.05, 0.1) is 19.3 Å². The smallest absolute Gasteiger partial charge is 0.254 e. The molecule has 1 aromatic carbocycles. The fourth-order valence-electron chi connectivity index (χ4n) is 3.18. The molecule has 1 aliphatic rings. The van der Waals surface area contributed by atoms with Gasteiger partial charge in [0, 0.05) is 43.3 Å². The molecule has 2 N–H and O–H groups in total. The van der Waals surface area contributed by atoms with Crippen molar-refractivity contribution in [3.63, 3.8) is 0 Å². The number of morpholine rings is 1. The van der Waals surface area contributed by atoms with Crippen LogP contribution in [0, 0.1) is 0 Å². The summed E-state index contributed by atoms with van der Waals surface area (Å²) in [7, 11) is 1.81. The fraction of sp³-hybridized carbons (Fsp3) is 0.368. The van der Waals surface area contributed by atoms with Crippen molar-refractivity contribution < 1.29 is 14.3 Å². The minimum atomic E-state index is -0.377. The molecule has 138 valence electrons. The Morgan fingerprint density at radius 1 is 1.27 bits per heavy atom. The predicted molar refractivity (Wildman–Crippen MR) is 98.1 cm³/mol. The van der Waals surface area contributed by atoms with E-state index in [1.54, 1.807) is 4.90 Å². The Bertz CT molecular complexity index is 760. The molecular weight excluding hydrogens is 332 g/mol. The average molecular weight is 356 g/mol. The summed E-state index contributed by atoms with van der Waals surface area (Å²) in [6.07, 6.45) is 3.76. The Labute approximate surface area is 152 Å². The molecule has 0 spiro atoms. The van der Waals surface area contributed by atoms with Crippen molar-refractivity contribution in [1.82, 2.24) is 14.4 Å². The van der Waals surface area contributed by atoms with Gasteiger partial charge in [-0.2, -0.15) is 0 Å². The van der Waals surface area contributed by atoms with Crippen LogP contribution in [0.2, 0.25) is 0 Å². The van der Waals surface area contributed by atoms with Crippen molar-refractivity contribution in [2.75, 3.05) is 39.8 Å². The van der Waals surface area contributed by atoms with Crippen LogP contribution in [0.15, 0.2) is 48.8 Å². The summed E-state index contributed by atoms with van der Waals surface area (Å²) in [5.41, 5.74) is 6.82. The first-order chi connectivity index (χ1) is 12.5. The Balaban J connectivity index is 1.66. The molecule has 1 aliphatic heterocycles. The van der Waals surface area contributed by atoms with Crippen molar-refractivity contribution in [2.45, 2.75) is 6.10 Å². The number of hydrogen-bond donors (Lipinski definition) is 1. The van der Waals surface area contributed by atoms with Crippen LogP contribution in [0.1, 0.15) is 10.4 Å². The van der Waals surface area contributed by atoms with Crippen molar-refractivity contribution in [1.29, 1.82) is 0 Å². The van der Waals surface area contributed by atoms with Crippen molar-refractivity contribution in [3.8, 4) is 5.69 Å². The summed E-state index contributed by atoms with van der Waals surface area (Å²) < 4.78 is 7.71. The number of amides is 2. The number of hydrogen-bond acceptors (Lipinski definition) is 4. The zero-order chi connectivity index (χ0) is 18.5. The summed E-state index contributed by atoms with van der Waals surface area (Å²) in [5.74, 6) is -0.386. The second-order valence-electron chi connectivity index (χ2n) is 6.55. The highest BCUT2D eigenvalue weighted by Gasteiger charge is 2.26. The van der Waals surface area contributed by atoms with Crippen LogP contribution in [0.4, 0.5) is 0 Å². The molecule has 2 amide bonds. The van der Waals surface area contributed by atoms with Gasteiger partial charge in [0.15, 0.2) is 0 Å². The average Bonchev–Trinajstić information content (AvgIpc) is 3.15. The lowest BCUT2D eigenvalue weighted by Gasteiger charge is -2.34. The molecule has 2 aromatic rings. The topological polar surface area (TPSA) is 80.8 Å². The van der Waals surface area contributed by atoms with Gasteiger partial charge in [-0.15, -0.1) is 0 Å². The first kappa shape index (κ1) is 18.2. The van der Waals surface area contributed by atoms with E-state index in [9.17, 15) is 9.59 Å². The zero-order valence-electron chi connectivity index (χ0n) is 14.9. The number of nitrogens with two attached hydrogens (primary N) is 1. The quantitative estimate of drug-likeness (QED) is 0.828. The second kappa shape index (κ2) is 8.16. The van der Waals surface area contributed by atoms with E-state index >= 15 is 0 Å². The van der Waals surface area contributed by atoms with Crippen LogP contribution in [0.5, 0.6) is 0 Å². The number of benzene rings is 1. The predicted octanol–water partition coefficient (Wildman–Crippen LogP) is 0.735. The Kier molecular flexibility index (Phi) is 5.70. The van der Waals surface area contributed by atoms with Gasteiger partial charge < -0.3 is 19.9 Å². The monoisotopic (exact) mass is 356 g/mol. The van der Waals surface area contributed by atoms with Crippen molar-refractivity contribution in [3.05, 3.63) is 54.4 Å². The van der Waals surface area contributed by atoms with Gasteiger partial charge in [-0.05, 0) is 37.4 Å². The van der Waals surface area contributed by atoms with E-state index in [2.05, 4.69) is 0 Å². The SMILES string of the molecule is CN(CC(N)=O)CC1CN(C(=O)c2cccc(-n3cccc3)c2)CCO1. The molecular formula is C19H24N4O3. The van der Waals surface area contributed by atoms with Gasteiger partial charge >= 0.3 is 0 Å². The molecule has 7 heteroatoms. The van der Waals surface area contributed by atoms with Crippen molar-refractivity contribution >= 4 is 11.8 Å². The Hall–Kier alpha value is -2.64. The maximum atomic E-state index is 12.9. The number of likely N-dealkylation sites (N-methyl/N-ethyl adjacent to an activating group) is 1. The van der Waals surface area contributed by atoms with Gasteiger partial charge in [-0.1, -0.05) is 6.07 Å². The van der Waals surface area contributed by atoms with Gasteiger partial charge in [0.25, 0.3) is 5.91 Å². The van der Waals surface area contributed by atoms with Gasteiger partial charge in [0.2, 0.25) is 5.91 Å². The highest BCUT2D eigenvalue weighted by molar-refractivity contribution is 5.94. The van der Waals surface area contributed by atoms with Gasteiger partial charge in [0.1, 0.15) is 0 Å². The van der Waals surface area contributed by atoms with E-state index in [1.807, 2.05) is 65.3 Å². The first-order valence-corrected chi connectivity index (χ1v) is 8.64. The van der Waals surface area contributed by atoms with Crippen LogP contribution < -0.4 is 5.73 Å². The number of nitrogens with zero attached hydrogens (tertiary/aromatic N) is 3. The molecule has 0 saturated carbocycles. The highest BCUT2D eigenvalue weighted by Crippen LogP contribution is 2.15. The number of rotatable bonds is 6. The minimum absolute atomic E-state index is 0.00939. The van der Waals surface area contributed by atoms with E-state index in [1.165, 1.54) is 0 Å². The maximum absolute atomic E-state index is 12.9. The molecule has 1 aromatic heterocycles. The lowest BCUT2D eigenvalue weighted by atomic mass is 10.1. The molecule has 2 heterocycles. The lowest BCUT2D eigenvalue weighted by molar-refractivity contribution is -0.119. The number of carbonyl (C=O) groups excluding carboxylic acids is 2. The van der Waals surface area contributed by atoms with E-state index in [-0.39, 0.29) is 24.5 Å². The summed E-state index contributed by atoms with van der Waals surface area (Å²) in [6, 6.07) is 11.5. The van der Waals surface area contributed by atoms with Gasteiger partial charge in [-0.25, -0.2) is 0 Å². The van der Waals surface area contributed by atoms with E-state index < -0.39 is 0 Å². The maximum Gasteiger partial charge on any atom is 0.254 e. The number of primary amides is 1. The Morgan fingerprint density at radius 2 is 2.04 bits per heavy atom. The first-order valence-electron chi connectivity index (χ1n) is 8.64. The number of aromatic nitrogens is 1. The summed E-state index contributed by atoms with van der Waals surface area (Å²) in [5, 5.41) is 0. The molecule has 1 saturated heterocycles. The number of carbonyl (C=O) groups is 2. The molecule has 1 unspecified atom stereocenters. The van der Waals surface area contributed by atoms with Crippen LogP contribution >= 0.6 is 0 Å². The normalized spacial score (nSPS) is 17.5. The Morgan fingerprint density at radius 3 is 2.77 bits per heavy atom. The number of ether oxygens (including phenoxy) is 1. The fourth-order valence-corrected chi connectivity index (χ4v) is 3.18. The molecule has 0 radical (unpaired) electrons.